The van der Waals surface area contributed by atoms with Crippen molar-refractivity contribution >= 4 is 18.4 Å². The minimum Gasteiger partial charge on any atom is -0.399 e. The van der Waals surface area contributed by atoms with Crippen LogP contribution in [0, 0.1) is 0 Å². The Morgan fingerprint density at radius 2 is 1.85 bits per heavy atom. The van der Waals surface area contributed by atoms with Gasteiger partial charge in [-0.1, -0.05) is 6.07 Å². The highest BCUT2D eigenvalue weighted by molar-refractivity contribution is 6.62. The quantitative estimate of drug-likeness (QED) is 0.810. The van der Waals surface area contributed by atoms with Crippen molar-refractivity contribution < 1.29 is 14.4 Å². The van der Waals surface area contributed by atoms with E-state index in [4.69, 9.17) is 9.31 Å². The number of hydrogen-bond donors (Lipinski definition) is 2. The molecule has 5 nitrogen and oxygen atoms in total. The second kappa shape index (κ2) is 5.35. The Hall–Kier alpha value is -1.11. The molecule has 1 fully saturated rings. The third-order valence-corrected chi connectivity index (χ3v) is 3.89. The molecule has 0 radical (unpaired) electrons. The molecule has 1 aromatic heterocycles. The molecule has 20 heavy (non-hydrogen) atoms. The number of rotatable bonds is 4. The van der Waals surface area contributed by atoms with Crippen molar-refractivity contribution in [3.05, 3.63) is 18.3 Å². The monoisotopic (exact) mass is 278 g/mol. The summed E-state index contributed by atoms with van der Waals surface area (Å²) < 4.78 is 11.9. The van der Waals surface area contributed by atoms with E-state index in [1.807, 2.05) is 39.8 Å². The van der Waals surface area contributed by atoms with Crippen LogP contribution in [0.4, 0.5) is 5.82 Å². The Bertz CT molecular complexity index is 444. The molecule has 0 bridgehead atoms. The number of aliphatic hydroxyl groups excluding tert-OH is 1. The average molecular weight is 278 g/mol. The van der Waals surface area contributed by atoms with Crippen LogP contribution in [0.15, 0.2) is 18.3 Å². The molecule has 1 saturated heterocycles. The van der Waals surface area contributed by atoms with Gasteiger partial charge in [0.15, 0.2) is 0 Å². The van der Waals surface area contributed by atoms with E-state index < -0.39 is 13.2 Å². The Labute approximate surface area is 120 Å². The van der Waals surface area contributed by atoms with Gasteiger partial charge in [0.2, 0.25) is 0 Å². The van der Waals surface area contributed by atoms with E-state index in [9.17, 15) is 5.11 Å². The van der Waals surface area contributed by atoms with Gasteiger partial charge in [0.05, 0.1) is 17.3 Å². The second-order valence-electron chi connectivity index (χ2n) is 6.29. The van der Waals surface area contributed by atoms with Crippen LogP contribution >= 0.6 is 0 Å². The maximum absolute atomic E-state index is 9.23. The largest absolute Gasteiger partial charge is 0.496 e. The first-order valence-corrected chi connectivity index (χ1v) is 6.95. The second-order valence-corrected chi connectivity index (χ2v) is 6.29. The minimum atomic E-state index is -0.403. The Kier molecular flexibility index (Phi) is 4.09. The van der Waals surface area contributed by atoms with Crippen molar-refractivity contribution in [3.8, 4) is 0 Å². The summed E-state index contributed by atoms with van der Waals surface area (Å²) >= 11 is 0. The molecule has 0 spiro atoms. The number of pyridine rings is 1. The predicted octanol–water partition coefficient (Wildman–Crippen LogP) is 1.17. The van der Waals surface area contributed by atoms with Gasteiger partial charge in [-0.25, -0.2) is 4.98 Å². The number of nitrogens with zero attached hydrogens (tertiary/aromatic N) is 1. The fourth-order valence-corrected chi connectivity index (χ4v) is 1.88. The fraction of sp³-hybridized carbons (Fsp3) is 0.643. The van der Waals surface area contributed by atoms with Crippen LogP contribution in [-0.4, -0.2) is 41.1 Å². The van der Waals surface area contributed by atoms with E-state index in [-0.39, 0.29) is 11.2 Å². The highest BCUT2D eigenvalue weighted by Crippen LogP contribution is 2.36. The van der Waals surface area contributed by atoms with E-state index in [0.29, 0.717) is 6.54 Å². The molecule has 2 heterocycles. The van der Waals surface area contributed by atoms with Crippen LogP contribution in [0.5, 0.6) is 0 Å². The summed E-state index contributed by atoms with van der Waals surface area (Å²) in [4.78, 5) is 4.31. The third kappa shape index (κ3) is 3.14. The van der Waals surface area contributed by atoms with Crippen LogP contribution < -0.4 is 10.8 Å². The zero-order valence-electron chi connectivity index (χ0n) is 12.8. The highest BCUT2D eigenvalue weighted by atomic mass is 16.7. The van der Waals surface area contributed by atoms with Gasteiger partial charge in [-0.15, -0.1) is 0 Å². The summed E-state index contributed by atoms with van der Waals surface area (Å²) in [5.41, 5.74) is 0.202. The zero-order chi connectivity index (χ0) is 15.0. The lowest BCUT2D eigenvalue weighted by Crippen LogP contribution is -2.41. The Morgan fingerprint density at radius 3 is 2.30 bits per heavy atom. The van der Waals surface area contributed by atoms with Crippen molar-refractivity contribution in [1.29, 1.82) is 0 Å². The molecule has 1 atom stereocenters. The first kappa shape index (κ1) is 15.3. The lowest BCUT2D eigenvalue weighted by atomic mass is 9.80. The van der Waals surface area contributed by atoms with Gasteiger partial charge >= 0.3 is 7.12 Å². The first-order chi connectivity index (χ1) is 9.21. The molecular weight excluding hydrogens is 255 g/mol. The molecule has 1 aliphatic heterocycles. The van der Waals surface area contributed by atoms with Gasteiger partial charge in [-0.05, 0) is 40.7 Å². The molecule has 0 saturated carbocycles. The van der Waals surface area contributed by atoms with Crippen LogP contribution in [-0.2, 0) is 9.31 Å². The molecule has 0 aromatic carbocycles. The summed E-state index contributed by atoms with van der Waals surface area (Å²) in [6.07, 6.45) is 1.34. The van der Waals surface area contributed by atoms with Gasteiger partial charge in [0, 0.05) is 18.2 Å². The molecule has 2 N–H and O–H groups in total. The number of nitrogens with one attached hydrogen (secondary N) is 1. The van der Waals surface area contributed by atoms with Crippen molar-refractivity contribution in [3.63, 3.8) is 0 Å². The maximum atomic E-state index is 9.23. The summed E-state index contributed by atoms with van der Waals surface area (Å²) in [6.45, 7) is 10.3. The zero-order valence-corrected chi connectivity index (χ0v) is 12.8. The van der Waals surface area contributed by atoms with Gasteiger partial charge in [0.25, 0.3) is 0 Å². The highest BCUT2D eigenvalue weighted by Gasteiger charge is 2.51. The first-order valence-electron chi connectivity index (χ1n) is 6.95. The topological polar surface area (TPSA) is 63.6 Å². The molecule has 2 rings (SSSR count). The average Bonchev–Trinajstić information content (AvgIpc) is 2.56. The lowest BCUT2D eigenvalue weighted by Gasteiger charge is -2.32. The summed E-state index contributed by atoms with van der Waals surface area (Å²) in [5.74, 6) is 0.728. The Balaban J connectivity index is 2.05. The van der Waals surface area contributed by atoms with Gasteiger partial charge in [0.1, 0.15) is 5.82 Å². The van der Waals surface area contributed by atoms with E-state index in [0.717, 1.165) is 11.3 Å². The molecule has 110 valence electrons. The predicted molar refractivity (Wildman–Crippen MR) is 80.1 cm³/mol. The smallest absolute Gasteiger partial charge is 0.399 e. The molecular formula is C14H23BN2O3. The number of hydrogen-bond acceptors (Lipinski definition) is 5. The standard InChI is InChI=1S/C14H23BN2O3/c1-10(18)8-16-12-7-6-11(9-17-12)15-19-13(2,3)14(4,5)20-15/h6-7,9-10,18H,8H2,1-5H3,(H,16,17)/t10-/m1/s1. The van der Waals surface area contributed by atoms with Crippen molar-refractivity contribution in [2.45, 2.75) is 51.9 Å². The van der Waals surface area contributed by atoms with Gasteiger partial charge in [-0.2, -0.15) is 0 Å². The normalized spacial score (nSPS) is 21.8. The molecule has 1 aromatic rings. The summed E-state index contributed by atoms with van der Waals surface area (Å²) in [6, 6.07) is 3.79. The van der Waals surface area contributed by atoms with Crippen LogP contribution in [0.1, 0.15) is 34.6 Å². The third-order valence-electron chi connectivity index (χ3n) is 3.89. The maximum Gasteiger partial charge on any atom is 0.496 e. The molecule has 1 aliphatic rings. The number of aromatic nitrogens is 1. The van der Waals surface area contributed by atoms with Gasteiger partial charge < -0.3 is 19.7 Å². The lowest BCUT2D eigenvalue weighted by molar-refractivity contribution is 0.00578. The van der Waals surface area contributed by atoms with Crippen molar-refractivity contribution in [2.24, 2.45) is 0 Å². The van der Waals surface area contributed by atoms with Gasteiger partial charge in [-0.3, -0.25) is 0 Å². The SMILES string of the molecule is C[C@@H](O)CNc1ccc(B2OC(C)(C)C(C)(C)O2)cn1. The number of anilines is 1. The molecule has 6 heteroatoms. The van der Waals surface area contributed by atoms with Crippen molar-refractivity contribution in [1.82, 2.24) is 4.98 Å². The van der Waals surface area contributed by atoms with Crippen LogP contribution in [0.2, 0.25) is 0 Å². The van der Waals surface area contributed by atoms with Crippen LogP contribution in [0.3, 0.4) is 0 Å². The van der Waals surface area contributed by atoms with E-state index >= 15 is 0 Å². The number of aliphatic hydroxyl groups is 1. The Morgan fingerprint density at radius 1 is 1.25 bits per heavy atom. The van der Waals surface area contributed by atoms with E-state index in [1.165, 1.54) is 0 Å². The summed E-state index contributed by atoms with van der Waals surface area (Å²) in [7, 11) is -0.390. The molecule has 0 aliphatic carbocycles. The van der Waals surface area contributed by atoms with E-state index in [1.54, 1.807) is 13.1 Å². The van der Waals surface area contributed by atoms with Crippen LogP contribution in [0.25, 0.3) is 0 Å². The van der Waals surface area contributed by atoms with Crippen molar-refractivity contribution in [2.75, 3.05) is 11.9 Å². The minimum absolute atomic E-state index is 0.346. The fourth-order valence-electron chi connectivity index (χ4n) is 1.88. The van der Waals surface area contributed by atoms with E-state index in [2.05, 4.69) is 10.3 Å². The summed E-state index contributed by atoms with van der Waals surface area (Å²) in [5, 5.41) is 12.3. The molecule has 0 amide bonds. The molecule has 0 unspecified atom stereocenters.